The molecule has 0 radical (unpaired) electrons. The zero-order valence-electron chi connectivity index (χ0n) is 15.5. The molecule has 0 aliphatic heterocycles. The molecular weight excluding hydrogens is 374 g/mol. The van der Waals surface area contributed by atoms with Gasteiger partial charge in [-0.25, -0.2) is 9.97 Å². The summed E-state index contributed by atoms with van der Waals surface area (Å²) >= 11 is 3.34. The summed E-state index contributed by atoms with van der Waals surface area (Å²) < 4.78 is 0. The van der Waals surface area contributed by atoms with Crippen molar-refractivity contribution in [3.05, 3.63) is 52.2 Å². The molecule has 1 amide bonds. The topological polar surface area (TPSA) is 54.9 Å². The zero-order valence-corrected chi connectivity index (χ0v) is 17.1. The molecule has 4 nitrogen and oxygen atoms in total. The van der Waals surface area contributed by atoms with E-state index in [0.29, 0.717) is 12.3 Å². The van der Waals surface area contributed by atoms with Crippen molar-refractivity contribution in [2.75, 3.05) is 12.3 Å². The second-order valence-electron chi connectivity index (χ2n) is 6.84. The Hall–Kier alpha value is -1.92. The summed E-state index contributed by atoms with van der Waals surface area (Å²) in [7, 11) is 0. The highest BCUT2D eigenvalue weighted by Gasteiger charge is 2.22. The van der Waals surface area contributed by atoms with Gasteiger partial charge in [-0.3, -0.25) is 4.79 Å². The van der Waals surface area contributed by atoms with Crippen molar-refractivity contribution in [2.45, 2.75) is 44.1 Å². The molecule has 6 heteroatoms. The molecule has 0 fully saturated rings. The lowest BCUT2D eigenvalue weighted by Gasteiger charge is -2.07. The number of thioether (sulfide) groups is 1. The van der Waals surface area contributed by atoms with E-state index < -0.39 is 0 Å². The van der Waals surface area contributed by atoms with Crippen LogP contribution in [0.5, 0.6) is 0 Å². The second-order valence-corrected chi connectivity index (χ2v) is 8.89. The smallest absolute Gasteiger partial charge is 0.230 e. The van der Waals surface area contributed by atoms with Crippen molar-refractivity contribution in [1.82, 2.24) is 15.3 Å². The van der Waals surface area contributed by atoms with Crippen molar-refractivity contribution < 1.29 is 4.79 Å². The molecule has 0 spiro atoms. The number of hydrogen-bond donors (Lipinski definition) is 1. The largest absolute Gasteiger partial charge is 0.355 e. The Labute approximate surface area is 167 Å². The maximum Gasteiger partial charge on any atom is 0.230 e. The van der Waals surface area contributed by atoms with E-state index in [1.807, 2.05) is 13.0 Å². The lowest BCUT2D eigenvalue weighted by Crippen LogP contribution is -2.26. The van der Waals surface area contributed by atoms with E-state index in [1.54, 1.807) is 23.1 Å². The molecule has 27 heavy (non-hydrogen) atoms. The van der Waals surface area contributed by atoms with Gasteiger partial charge >= 0.3 is 0 Å². The number of rotatable bonds is 7. The minimum atomic E-state index is 0.0735. The van der Waals surface area contributed by atoms with Gasteiger partial charge in [0.15, 0.2) is 0 Å². The summed E-state index contributed by atoms with van der Waals surface area (Å²) in [6, 6.07) is 10.4. The summed E-state index contributed by atoms with van der Waals surface area (Å²) in [6.07, 6.45) is 5.43. The number of fused-ring (bicyclic) bond motifs is 3. The van der Waals surface area contributed by atoms with Gasteiger partial charge in [0.25, 0.3) is 0 Å². The molecule has 0 saturated heterocycles. The van der Waals surface area contributed by atoms with Crippen LogP contribution in [0.3, 0.4) is 0 Å². The van der Waals surface area contributed by atoms with Gasteiger partial charge in [-0.15, -0.1) is 11.3 Å². The van der Waals surface area contributed by atoms with Crippen molar-refractivity contribution in [1.29, 1.82) is 0 Å². The van der Waals surface area contributed by atoms with Crippen LogP contribution >= 0.6 is 23.1 Å². The van der Waals surface area contributed by atoms with Gasteiger partial charge < -0.3 is 5.32 Å². The summed E-state index contributed by atoms with van der Waals surface area (Å²) in [4.78, 5) is 24.0. The SMILES string of the molecule is Cc1nc(SCC(=O)NCCCc2ccccc2)c2c3c(sc2n1)CCC3. The molecule has 2 aromatic heterocycles. The van der Waals surface area contributed by atoms with Gasteiger partial charge in [0, 0.05) is 16.8 Å². The number of aryl methyl sites for hydroxylation is 4. The summed E-state index contributed by atoms with van der Waals surface area (Å²) in [5.41, 5.74) is 2.73. The Kier molecular flexibility index (Phi) is 5.74. The molecule has 140 valence electrons. The third kappa shape index (κ3) is 4.33. The van der Waals surface area contributed by atoms with Gasteiger partial charge in [-0.05, 0) is 50.2 Å². The molecule has 0 unspecified atom stereocenters. The molecule has 1 aromatic carbocycles. The normalized spacial score (nSPS) is 13.1. The molecule has 1 aliphatic rings. The van der Waals surface area contributed by atoms with E-state index in [4.69, 9.17) is 0 Å². The average molecular weight is 398 g/mol. The molecule has 0 atom stereocenters. The van der Waals surface area contributed by atoms with Crippen LogP contribution in [0.4, 0.5) is 0 Å². The molecule has 2 heterocycles. The molecule has 1 aliphatic carbocycles. The average Bonchev–Trinajstić information content (AvgIpc) is 3.24. The van der Waals surface area contributed by atoms with Gasteiger partial charge in [0.05, 0.1) is 5.75 Å². The Bertz CT molecular complexity index is 953. The minimum absolute atomic E-state index is 0.0735. The van der Waals surface area contributed by atoms with Gasteiger partial charge in [0.1, 0.15) is 15.7 Å². The molecule has 3 aromatic rings. The monoisotopic (exact) mass is 397 g/mol. The zero-order chi connectivity index (χ0) is 18.6. The summed E-state index contributed by atoms with van der Waals surface area (Å²) in [6.45, 7) is 2.64. The number of nitrogens with one attached hydrogen (secondary N) is 1. The predicted molar refractivity (Wildman–Crippen MR) is 113 cm³/mol. The number of hydrogen-bond acceptors (Lipinski definition) is 5. The van der Waals surface area contributed by atoms with Crippen LogP contribution in [0.2, 0.25) is 0 Å². The Balaban J connectivity index is 1.32. The van der Waals surface area contributed by atoms with E-state index in [1.165, 1.54) is 27.8 Å². The molecule has 0 saturated carbocycles. The van der Waals surface area contributed by atoms with Crippen LogP contribution in [0.1, 0.15) is 34.7 Å². The standard InChI is InChI=1S/C21H23N3OS2/c1-14-23-20(19-16-10-5-11-17(16)27-21(19)24-14)26-13-18(25)22-12-6-9-15-7-3-2-4-8-15/h2-4,7-8H,5-6,9-13H2,1H3,(H,22,25). The minimum Gasteiger partial charge on any atom is -0.355 e. The number of thiophene rings is 1. The van der Waals surface area contributed by atoms with Crippen LogP contribution in [0.15, 0.2) is 35.4 Å². The maximum atomic E-state index is 12.2. The fraction of sp³-hybridized carbons (Fsp3) is 0.381. The van der Waals surface area contributed by atoms with Crippen LogP contribution in [0, 0.1) is 6.92 Å². The van der Waals surface area contributed by atoms with E-state index in [2.05, 4.69) is 39.6 Å². The van der Waals surface area contributed by atoms with Crippen molar-refractivity contribution in [2.24, 2.45) is 0 Å². The lowest BCUT2D eigenvalue weighted by atomic mass is 10.1. The van der Waals surface area contributed by atoms with Crippen LogP contribution in [0.25, 0.3) is 10.2 Å². The van der Waals surface area contributed by atoms with Gasteiger partial charge in [-0.1, -0.05) is 42.1 Å². The fourth-order valence-electron chi connectivity index (χ4n) is 3.52. The predicted octanol–water partition coefficient (Wildman–Crippen LogP) is 4.33. The van der Waals surface area contributed by atoms with E-state index >= 15 is 0 Å². The highest BCUT2D eigenvalue weighted by molar-refractivity contribution is 8.00. The Morgan fingerprint density at radius 2 is 2.07 bits per heavy atom. The molecular formula is C21H23N3OS2. The number of amides is 1. The first-order valence-electron chi connectivity index (χ1n) is 9.43. The number of carbonyl (C=O) groups excluding carboxylic acids is 1. The number of nitrogens with zero attached hydrogens (tertiary/aromatic N) is 2. The Morgan fingerprint density at radius 3 is 2.93 bits per heavy atom. The maximum absolute atomic E-state index is 12.2. The number of carbonyl (C=O) groups is 1. The summed E-state index contributed by atoms with van der Waals surface area (Å²) in [5, 5.41) is 5.19. The van der Waals surface area contributed by atoms with Crippen molar-refractivity contribution >= 4 is 39.2 Å². The number of aromatic nitrogens is 2. The molecule has 1 N–H and O–H groups in total. The highest BCUT2D eigenvalue weighted by Crippen LogP contribution is 2.40. The third-order valence-corrected chi connectivity index (χ3v) is 6.95. The van der Waals surface area contributed by atoms with Crippen LogP contribution < -0.4 is 5.32 Å². The third-order valence-electron chi connectivity index (χ3n) is 4.79. The van der Waals surface area contributed by atoms with E-state index in [0.717, 1.165) is 41.4 Å². The second kappa shape index (κ2) is 8.40. The first-order valence-corrected chi connectivity index (χ1v) is 11.2. The van der Waals surface area contributed by atoms with Crippen molar-refractivity contribution in [3.63, 3.8) is 0 Å². The lowest BCUT2D eigenvalue weighted by molar-refractivity contribution is -0.118. The Morgan fingerprint density at radius 1 is 1.22 bits per heavy atom. The first kappa shape index (κ1) is 18.4. The van der Waals surface area contributed by atoms with Gasteiger partial charge in [0.2, 0.25) is 5.91 Å². The van der Waals surface area contributed by atoms with Crippen molar-refractivity contribution in [3.8, 4) is 0 Å². The van der Waals surface area contributed by atoms with Crippen LogP contribution in [-0.2, 0) is 24.1 Å². The molecule has 4 rings (SSSR count). The number of benzene rings is 1. The first-order chi connectivity index (χ1) is 13.2. The van der Waals surface area contributed by atoms with E-state index in [-0.39, 0.29) is 5.91 Å². The van der Waals surface area contributed by atoms with Gasteiger partial charge in [-0.2, -0.15) is 0 Å². The quantitative estimate of drug-likeness (QED) is 0.366. The van der Waals surface area contributed by atoms with E-state index in [9.17, 15) is 4.79 Å². The summed E-state index contributed by atoms with van der Waals surface area (Å²) in [5.74, 6) is 1.26. The molecule has 0 bridgehead atoms. The van der Waals surface area contributed by atoms with Crippen LogP contribution in [-0.4, -0.2) is 28.2 Å². The highest BCUT2D eigenvalue weighted by atomic mass is 32.2. The fourth-order valence-corrected chi connectivity index (χ4v) is 5.82.